The molecule has 0 fully saturated rings. The van der Waals surface area contributed by atoms with E-state index in [1.165, 1.54) is 7.11 Å². The highest BCUT2D eigenvalue weighted by Crippen LogP contribution is 2.16. The summed E-state index contributed by atoms with van der Waals surface area (Å²) in [6.45, 7) is 1.44. The van der Waals surface area contributed by atoms with Crippen LogP contribution in [0.3, 0.4) is 0 Å². The Morgan fingerprint density at radius 1 is 1.59 bits per heavy atom. The van der Waals surface area contributed by atoms with Gasteiger partial charge in [-0.05, 0) is 6.92 Å². The van der Waals surface area contributed by atoms with E-state index < -0.39 is 21.1 Å². The Morgan fingerprint density at radius 3 is 2.71 bits per heavy atom. The van der Waals surface area contributed by atoms with Crippen molar-refractivity contribution in [2.45, 2.75) is 18.7 Å². The maximum absolute atomic E-state index is 11.4. The van der Waals surface area contributed by atoms with Crippen LogP contribution in [0.4, 0.5) is 0 Å². The van der Waals surface area contributed by atoms with E-state index in [1.54, 1.807) is 6.92 Å². The molecule has 0 aliphatic heterocycles. The third-order valence-corrected chi connectivity index (χ3v) is 2.70. The zero-order valence-corrected chi connectivity index (χ0v) is 10.1. The van der Waals surface area contributed by atoms with E-state index in [0.717, 1.165) is 10.9 Å². The maximum Gasteiger partial charge on any atom is 0.342 e. The molecule has 1 heterocycles. The molecule has 0 aliphatic carbocycles. The molecule has 96 valence electrons. The van der Waals surface area contributed by atoms with Crippen LogP contribution in [0.25, 0.3) is 0 Å². The van der Waals surface area contributed by atoms with Crippen LogP contribution in [0.15, 0.2) is 11.2 Å². The largest absolute Gasteiger partial charge is 0.462 e. The number of carbonyl (C=O) groups excluding carboxylic acids is 1. The number of hydrogen-bond donors (Lipinski definition) is 1. The standard InChI is InChI=1S/C8H12N2O6S/c1-3-16-8(11)6-4-9-10(5-15-2)7(6)17(12,13)14/h4H,3,5H2,1-2H3,(H,12,13,14). The normalized spacial score (nSPS) is 11.5. The second-order valence-corrected chi connectivity index (χ2v) is 4.31. The molecule has 1 aromatic heterocycles. The summed E-state index contributed by atoms with van der Waals surface area (Å²) in [7, 11) is -3.27. The zero-order valence-electron chi connectivity index (χ0n) is 9.28. The third-order valence-electron chi connectivity index (χ3n) is 1.78. The second-order valence-electron chi connectivity index (χ2n) is 2.98. The van der Waals surface area contributed by atoms with Crippen LogP contribution in [-0.2, 0) is 26.3 Å². The van der Waals surface area contributed by atoms with Gasteiger partial charge in [0.05, 0.1) is 12.8 Å². The molecule has 0 bridgehead atoms. The van der Waals surface area contributed by atoms with Crippen LogP contribution < -0.4 is 0 Å². The average molecular weight is 264 g/mol. The third kappa shape index (κ3) is 3.02. The van der Waals surface area contributed by atoms with Gasteiger partial charge in [0.15, 0.2) is 5.03 Å². The van der Waals surface area contributed by atoms with Crippen LogP contribution >= 0.6 is 0 Å². The molecular formula is C8H12N2O6S. The SMILES string of the molecule is CCOC(=O)c1cnn(COC)c1S(=O)(=O)O. The fourth-order valence-electron chi connectivity index (χ4n) is 1.21. The van der Waals surface area contributed by atoms with E-state index in [9.17, 15) is 13.2 Å². The summed E-state index contributed by atoms with van der Waals surface area (Å²) in [5.41, 5.74) is -0.327. The highest BCUT2D eigenvalue weighted by molar-refractivity contribution is 7.85. The molecule has 0 unspecified atom stereocenters. The molecule has 0 aromatic carbocycles. The fourth-order valence-corrected chi connectivity index (χ4v) is 1.99. The average Bonchev–Trinajstić information content (AvgIpc) is 2.62. The van der Waals surface area contributed by atoms with Gasteiger partial charge >= 0.3 is 16.1 Å². The Labute approximate surface area is 97.9 Å². The maximum atomic E-state index is 11.4. The number of esters is 1. The molecule has 0 atom stereocenters. The molecule has 17 heavy (non-hydrogen) atoms. The summed E-state index contributed by atoms with van der Waals surface area (Å²) in [5, 5.41) is 2.99. The molecule has 0 amide bonds. The van der Waals surface area contributed by atoms with Crippen molar-refractivity contribution in [1.29, 1.82) is 0 Å². The van der Waals surface area contributed by atoms with Gasteiger partial charge in [0.25, 0.3) is 0 Å². The van der Waals surface area contributed by atoms with Gasteiger partial charge in [-0.15, -0.1) is 0 Å². The molecule has 0 radical (unpaired) electrons. The van der Waals surface area contributed by atoms with Gasteiger partial charge in [-0.1, -0.05) is 0 Å². The van der Waals surface area contributed by atoms with Crippen molar-refractivity contribution >= 4 is 16.1 Å². The van der Waals surface area contributed by atoms with Crippen molar-refractivity contribution in [2.75, 3.05) is 13.7 Å². The molecule has 0 saturated carbocycles. The van der Waals surface area contributed by atoms with Crippen molar-refractivity contribution in [1.82, 2.24) is 9.78 Å². The number of rotatable bonds is 5. The van der Waals surface area contributed by atoms with Gasteiger partial charge in [-0.2, -0.15) is 13.5 Å². The molecule has 0 saturated heterocycles. The van der Waals surface area contributed by atoms with Crippen molar-refractivity contribution in [3.63, 3.8) is 0 Å². The molecular weight excluding hydrogens is 252 g/mol. The molecule has 1 N–H and O–H groups in total. The predicted molar refractivity (Wildman–Crippen MR) is 55.0 cm³/mol. The van der Waals surface area contributed by atoms with Crippen molar-refractivity contribution in [3.05, 3.63) is 11.8 Å². The Hall–Kier alpha value is -1.45. The van der Waals surface area contributed by atoms with Gasteiger partial charge in [0, 0.05) is 7.11 Å². The van der Waals surface area contributed by atoms with Gasteiger partial charge < -0.3 is 9.47 Å². The van der Waals surface area contributed by atoms with Crippen LogP contribution in [0.1, 0.15) is 17.3 Å². The molecule has 0 spiro atoms. The molecule has 8 nitrogen and oxygen atoms in total. The van der Waals surface area contributed by atoms with Gasteiger partial charge in [0.2, 0.25) is 0 Å². The minimum atomic E-state index is -4.59. The van der Waals surface area contributed by atoms with Crippen molar-refractivity contribution in [3.8, 4) is 0 Å². The first-order valence-corrected chi connectivity index (χ1v) is 6.05. The summed E-state index contributed by atoms with van der Waals surface area (Å²) in [6.07, 6.45) is 1.00. The summed E-state index contributed by atoms with van der Waals surface area (Å²) in [5.74, 6) is -0.873. The predicted octanol–water partition coefficient (Wildman–Crippen LogP) is -0.0896. The van der Waals surface area contributed by atoms with E-state index in [-0.39, 0.29) is 18.9 Å². The van der Waals surface area contributed by atoms with Crippen molar-refractivity contribution in [2.24, 2.45) is 0 Å². The van der Waals surface area contributed by atoms with Gasteiger partial charge in [-0.25, -0.2) is 9.48 Å². The van der Waals surface area contributed by atoms with Crippen LogP contribution in [0, 0.1) is 0 Å². The Morgan fingerprint density at radius 2 is 2.24 bits per heavy atom. The first-order valence-electron chi connectivity index (χ1n) is 4.61. The quantitative estimate of drug-likeness (QED) is 0.584. The van der Waals surface area contributed by atoms with Crippen molar-refractivity contribution < 1.29 is 27.2 Å². The van der Waals surface area contributed by atoms with E-state index in [4.69, 9.17) is 4.55 Å². The lowest BCUT2D eigenvalue weighted by Crippen LogP contribution is -2.15. The van der Waals surface area contributed by atoms with Crippen LogP contribution in [0.2, 0.25) is 0 Å². The summed E-state index contributed by atoms with van der Waals surface area (Å²) < 4.78 is 41.5. The van der Waals surface area contributed by atoms with E-state index in [0.29, 0.717) is 0 Å². The summed E-state index contributed by atoms with van der Waals surface area (Å²) >= 11 is 0. The Kier molecular flexibility index (Phi) is 4.21. The fraction of sp³-hybridized carbons (Fsp3) is 0.500. The number of nitrogens with zero attached hydrogens (tertiary/aromatic N) is 2. The molecule has 1 rings (SSSR count). The number of methoxy groups -OCH3 is 1. The molecule has 9 heteroatoms. The van der Waals surface area contributed by atoms with Crippen LogP contribution in [0.5, 0.6) is 0 Å². The summed E-state index contributed by atoms with van der Waals surface area (Å²) in [6, 6.07) is 0. The van der Waals surface area contributed by atoms with Crippen LogP contribution in [-0.4, -0.2) is 42.4 Å². The first-order chi connectivity index (χ1) is 7.91. The van der Waals surface area contributed by atoms with Gasteiger partial charge in [0.1, 0.15) is 12.3 Å². The van der Waals surface area contributed by atoms with E-state index >= 15 is 0 Å². The zero-order chi connectivity index (χ0) is 13.1. The number of hydrogen-bond acceptors (Lipinski definition) is 6. The van der Waals surface area contributed by atoms with E-state index in [2.05, 4.69) is 14.6 Å². The highest BCUT2D eigenvalue weighted by Gasteiger charge is 2.27. The smallest absolute Gasteiger partial charge is 0.342 e. The molecule has 1 aromatic rings. The first kappa shape index (κ1) is 13.6. The van der Waals surface area contributed by atoms with E-state index in [1.807, 2.05) is 0 Å². The van der Waals surface area contributed by atoms with Gasteiger partial charge in [-0.3, -0.25) is 4.55 Å². The lowest BCUT2D eigenvalue weighted by Gasteiger charge is -2.05. The Balaban J connectivity index is 3.28. The number of ether oxygens (including phenoxy) is 2. The lowest BCUT2D eigenvalue weighted by molar-refractivity contribution is 0.0518. The minimum absolute atomic E-state index is 0.0825. The second kappa shape index (κ2) is 5.25. The number of aromatic nitrogens is 2. The number of carbonyl (C=O) groups is 1. The lowest BCUT2D eigenvalue weighted by atomic mass is 10.4. The topological polar surface area (TPSA) is 108 Å². The highest BCUT2D eigenvalue weighted by atomic mass is 32.2. The Bertz CT molecular complexity index is 506. The minimum Gasteiger partial charge on any atom is -0.462 e. The summed E-state index contributed by atoms with van der Waals surface area (Å²) in [4.78, 5) is 11.4. The monoisotopic (exact) mass is 264 g/mol. The molecule has 0 aliphatic rings.